The van der Waals surface area contributed by atoms with E-state index in [2.05, 4.69) is 86.6 Å². The minimum Gasteiger partial charge on any atom is -0.214 e. The van der Waals surface area contributed by atoms with E-state index in [4.69, 9.17) is 0 Å². The van der Waals surface area contributed by atoms with Gasteiger partial charge in [0.2, 0.25) is 0 Å². The molecule has 0 atom stereocenters. The molecule has 0 aliphatic heterocycles. The van der Waals surface area contributed by atoms with Gasteiger partial charge in [-0.3, -0.25) is 0 Å². The van der Waals surface area contributed by atoms with Crippen LogP contribution < -0.4 is 15.9 Å². The summed E-state index contributed by atoms with van der Waals surface area (Å²) < 4.78 is 0. The van der Waals surface area contributed by atoms with Crippen LogP contribution in [0.5, 0.6) is 0 Å². The number of benzene rings is 2. The predicted molar refractivity (Wildman–Crippen MR) is 112 cm³/mol. The Hall–Kier alpha value is -1.91. The van der Waals surface area contributed by atoms with E-state index in [0.29, 0.717) is 0 Å². The molecule has 0 heterocycles. The molecule has 26 heavy (non-hydrogen) atoms. The van der Waals surface area contributed by atoms with E-state index < -0.39 is 7.92 Å². The summed E-state index contributed by atoms with van der Waals surface area (Å²) >= 11 is 0. The van der Waals surface area contributed by atoms with Gasteiger partial charge in [-0.2, -0.15) is 30.3 Å². The molecule has 0 aliphatic rings. The third-order valence-electron chi connectivity index (χ3n) is 4.04. The second kappa shape index (κ2) is 10.3. The summed E-state index contributed by atoms with van der Waals surface area (Å²) in [7, 11) is -0.434. The molecule has 0 bridgehead atoms. The van der Waals surface area contributed by atoms with E-state index in [9.17, 15) is 0 Å². The average molecular weight is 398 g/mol. The molecule has 4 aromatic rings. The van der Waals surface area contributed by atoms with Gasteiger partial charge >= 0.3 is 17.1 Å². The van der Waals surface area contributed by atoms with E-state index in [1.165, 1.54) is 27.0 Å². The minimum absolute atomic E-state index is 0. The molecule has 0 spiro atoms. The van der Waals surface area contributed by atoms with Crippen molar-refractivity contribution in [1.82, 2.24) is 0 Å². The molecule has 0 unspecified atom stereocenters. The van der Waals surface area contributed by atoms with Crippen LogP contribution >= 0.6 is 7.92 Å². The van der Waals surface area contributed by atoms with Crippen molar-refractivity contribution < 1.29 is 17.1 Å². The summed E-state index contributed by atoms with van der Waals surface area (Å²) in [6, 6.07) is 36.7. The van der Waals surface area contributed by atoms with Gasteiger partial charge in [-0.1, -0.05) is 59.7 Å². The molecular formula is C24H23FeP. The topological polar surface area (TPSA) is 0 Å². The Kier molecular flexibility index (Phi) is 8.07. The molecule has 0 fully saturated rings. The second-order valence-electron chi connectivity index (χ2n) is 6.11. The fourth-order valence-corrected chi connectivity index (χ4v) is 4.93. The first-order valence-electron chi connectivity index (χ1n) is 8.56. The van der Waals surface area contributed by atoms with Crippen LogP contribution in [-0.4, -0.2) is 0 Å². The zero-order chi connectivity index (χ0) is 17.5. The summed E-state index contributed by atoms with van der Waals surface area (Å²) in [6.07, 6.45) is 0. The van der Waals surface area contributed by atoms with Gasteiger partial charge in [-0.05, 0) is 32.4 Å². The quantitative estimate of drug-likeness (QED) is 0.253. The van der Waals surface area contributed by atoms with Gasteiger partial charge in [-0.15, -0.1) is 5.30 Å². The van der Waals surface area contributed by atoms with Crippen molar-refractivity contribution in [3.63, 3.8) is 0 Å². The van der Waals surface area contributed by atoms with Gasteiger partial charge in [0.05, 0.1) is 0 Å². The molecule has 2 heteroatoms. The molecule has 0 radical (unpaired) electrons. The first-order valence-corrected chi connectivity index (χ1v) is 9.90. The zero-order valence-corrected chi connectivity index (χ0v) is 17.1. The standard InChI is InChI=1S/C19H18P.C5H5.Fe/c1-15-7-11-18(12-8-15)20(17-5-3-4-6-17)19-13-9-16(2)10-14-19;1-2-4-5-3-1;/h3-14H,1-2H3;1-5H;/q2*-1;+2. The van der Waals surface area contributed by atoms with E-state index in [-0.39, 0.29) is 17.1 Å². The van der Waals surface area contributed by atoms with Crippen LogP contribution in [-0.2, 0) is 17.1 Å². The van der Waals surface area contributed by atoms with Crippen molar-refractivity contribution in [2.75, 3.05) is 0 Å². The minimum atomic E-state index is -0.434. The van der Waals surface area contributed by atoms with Crippen molar-refractivity contribution in [1.29, 1.82) is 0 Å². The molecule has 132 valence electrons. The zero-order valence-electron chi connectivity index (χ0n) is 15.1. The smallest absolute Gasteiger partial charge is 0.214 e. The summed E-state index contributed by atoms with van der Waals surface area (Å²) in [5.74, 6) is 0. The predicted octanol–water partition coefficient (Wildman–Crippen LogP) is 5.18. The number of hydrogen-bond donors (Lipinski definition) is 0. The Bertz CT molecular complexity index is 779. The molecule has 0 aliphatic carbocycles. The average Bonchev–Trinajstić information content (AvgIpc) is 3.35. The second-order valence-corrected chi connectivity index (χ2v) is 8.33. The molecule has 0 N–H and O–H groups in total. The van der Waals surface area contributed by atoms with Crippen LogP contribution in [0.3, 0.4) is 0 Å². The van der Waals surface area contributed by atoms with Crippen LogP contribution in [0.15, 0.2) is 103 Å². The number of hydrogen-bond acceptors (Lipinski definition) is 0. The van der Waals surface area contributed by atoms with Crippen LogP contribution in [0.2, 0.25) is 0 Å². The number of rotatable bonds is 3. The van der Waals surface area contributed by atoms with Gasteiger partial charge < -0.3 is 0 Å². The molecule has 0 saturated heterocycles. The fourth-order valence-electron chi connectivity index (χ4n) is 2.67. The summed E-state index contributed by atoms with van der Waals surface area (Å²) in [5.41, 5.74) is 2.63. The maximum atomic E-state index is 2.27. The Labute approximate surface area is 168 Å². The molecule has 0 amide bonds. The van der Waals surface area contributed by atoms with Crippen molar-refractivity contribution in [2.45, 2.75) is 13.8 Å². The van der Waals surface area contributed by atoms with Crippen molar-refractivity contribution in [3.05, 3.63) is 114 Å². The molecule has 0 aromatic heterocycles. The summed E-state index contributed by atoms with van der Waals surface area (Å²) in [4.78, 5) is 0. The summed E-state index contributed by atoms with van der Waals surface area (Å²) in [5, 5.41) is 4.26. The Balaban J connectivity index is 0.000000351. The number of aryl methyl sites for hydroxylation is 2. The molecular weight excluding hydrogens is 375 g/mol. The van der Waals surface area contributed by atoms with E-state index in [1.807, 2.05) is 30.3 Å². The Morgan fingerprint density at radius 1 is 0.615 bits per heavy atom. The van der Waals surface area contributed by atoms with Crippen molar-refractivity contribution >= 4 is 23.8 Å². The van der Waals surface area contributed by atoms with E-state index in [1.54, 1.807) is 0 Å². The molecule has 0 nitrogen and oxygen atoms in total. The van der Waals surface area contributed by atoms with Gasteiger partial charge in [-0.25, -0.2) is 24.3 Å². The van der Waals surface area contributed by atoms with Gasteiger partial charge in [0, 0.05) is 0 Å². The van der Waals surface area contributed by atoms with Crippen LogP contribution in [0, 0.1) is 13.8 Å². The van der Waals surface area contributed by atoms with Gasteiger partial charge in [0.25, 0.3) is 0 Å². The monoisotopic (exact) mass is 398 g/mol. The molecule has 4 rings (SSSR count). The molecule has 4 aromatic carbocycles. The third-order valence-corrected chi connectivity index (χ3v) is 6.49. The van der Waals surface area contributed by atoms with Crippen LogP contribution in [0.4, 0.5) is 0 Å². The SMILES string of the molecule is Cc1ccc(P(c2ccc(C)cc2)c2ccc[cH-]2)cc1.[Fe+2].c1cc[cH-]c1. The Morgan fingerprint density at radius 3 is 1.46 bits per heavy atom. The maximum absolute atomic E-state index is 2.27. The van der Waals surface area contributed by atoms with E-state index in [0.717, 1.165) is 0 Å². The van der Waals surface area contributed by atoms with E-state index >= 15 is 0 Å². The third kappa shape index (κ3) is 5.55. The normalized spacial score (nSPS) is 9.96. The van der Waals surface area contributed by atoms with Gasteiger partial charge in [0.15, 0.2) is 0 Å². The fraction of sp³-hybridized carbons (Fsp3) is 0.0833. The van der Waals surface area contributed by atoms with Crippen molar-refractivity contribution in [2.24, 2.45) is 0 Å². The van der Waals surface area contributed by atoms with Gasteiger partial charge in [0.1, 0.15) is 0 Å². The first-order chi connectivity index (χ1) is 12.2. The van der Waals surface area contributed by atoms with Crippen LogP contribution in [0.1, 0.15) is 11.1 Å². The van der Waals surface area contributed by atoms with Crippen LogP contribution in [0.25, 0.3) is 0 Å². The summed E-state index contributed by atoms with van der Waals surface area (Å²) in [6.45, 7) is 4.28. The maximum Gasteiger partial charge on any atom is 2.00 e. The molecule has 0 saturated carbocycles. The first kappa shape index (κ1) is 20.4. The van der Waals surface area contributed by atoms with Crippen molar-refractivity contribution in [3.8, 4) is 0 Å². The Morgan fingerprint density at radius 2 is 1.12 bits per heavy atom. The largest absolute Gasteiger partial charge is 2.00 e.